The summed E-state index contributed by atoms with van der Waals surface area (Å²) in [7, 11) is -3.88. The third-order valence-electron chi connectivity index (χ3n) is 6.98. The van der Waals surface area contributed by atoms with Crippen LogP contribution in [0.15, 0.2) is 66.7 Å². The Morgan fingerprint density at radius 1 is 0.976 bits per heavy atom. The van der Waals surface area contributed by atoms with Gasteiger partial charge in [0.1, 0.15) is 11.9 Å². The van der Waals surface area contributed by atoms with Gasteiger partial charge in [0.05, 0.1) is 24.0 Å². The molecule has 41 heavy (non-hydrogen) atoms. The van der Waals surface area contributed by atoms with Gasteiger partial charge in [-0.05, 0) is 59.5 Å². The maximum absolute atomic E-state index is 14.8. The van der Waals surface area contributed by atoms with Crippen molar-refractivity contribution in [1.82, 2.24) is 10.2 Å². The van der Waals surface area contributed by atoms with Crippen molar-refractivity contribution in [3.63, 3.8) is 0 Å². The third-order valence-corrected chi connectivity index (χ3v) is 8.70. The van der Waals surface area contributed by atoms with Crippen LogP contribution < -0.4 is 15.4 Å². The number of halogens is 3. The molecule has 0 aromatic heterocycles. The van der Waals surface area contributed by atoms with E-state index < -0.39 is 39.7 Å². The summed E-state index contributed by atoms with van der Waals surface area (Å²) in [5, 5.41) is 3.70. The van der Waals surface area contributed by atoms with Crippen molar-refractivity contribution < 1.29 is 22.4 Å². The van der Waals surface area contributed by atoms with Gasteiger partial charge in [-0.15, -0.1) is 0 Å². The molecule has 1 aliphatic heterocycles. The summed E-state index contributed by atoms with van der Waals surface area (Å²) in [5.74, 6) is -2.56. The molecule has 0 radical (unpaired) electrons. The van der Waals surface area contributed by atoms with Crippen molar-refractivity contribution in [2.75, 3.05) is 23.7 Å². The highest BCUT2D eigenvalue weighted by atomic mass is 35.5. The number of hydrogen-bond acceptors (Lipinski definition) is 5. The summed E-state index contributed by atoms with van der Waals surface area (Å²) >= 11 is 12.2. The first-order valence-electron chi connectivity index (χ1n) is 12.9. The Bertz CT molecular complexity index is 1480. The number of sulfonamides is 1. The van der Waals surface area contributed by atoms with Crippen LogP contribution in [0, 0.1) is 11.7 Å². The molecule has 1 fully saturated rings. The molecule has 3 aromatic rings. The number of nitrogens with two attached hydrogens (primary N) is 1. The minimum atomic E-state index is -3.88. The van der Waals surface area contributed by atoms with Gasteiger partial charge in [-0.2, -0.15) is 0 Å². The Hall–Kier alpha value is -3.18. The van der Waals surface area contributed by atoms with Gasteiger partial charge in [0.15, 0.2) is 0 Å². The van der Waals surface area contributed by atoms with Crippen molar-refractivity contribution >= 4 is 50.7 Å². The van der Waals surface area contributed by atoms with Gasteiger partial charge in [0.2, 0.25) is 15.9 Å². The maximum atomic E-state index is 14.8. The highest BCUT2D eigenvalue weighted by Gasteiger charge is 2.41. The fourth-order valence-electron chi connectivity index (χ4n) is 5.05. The zero-order chi connectivity index (χ0) is 30.1. The van der Waals surface area contributed by atoms with E-state index in [1.165, 1.54) is 6.07 Å². The second kappa shape index (κ2) is 12.4. The molecule has 2 amide bonds. The number of nitrogens with one attached hydrogen (secondary N) is 1. The molecule has 1 aliphatic rings. The van der Waals surface area contributed by atoms with E-state index in [4.69, 9.17) is 28.9 Å². The average molecular weight is 622 g/mol. The summed E-state index contributed by atoms with van der Waals surface area (Å²) in [4.78, 5) is 26.8. The first kappa shape index (κ1) is 30.8. The van der Waals surface area contributed by atoms with Gasteiger partial charge < -0.3 is 11.1 Å². The van der Waals surface area contributed by atoms with Gasteiger partial charge in [0.25, 0.3) is 5.91 Å². The standard InChI is InChI=1S/C29H31Cl2FN4O4S/c1-17(2)26(28(33)37)34-29(38)20-12-23(32)14-24(13-20)36(41(3,39)40)25-15-35(16-25)27(18-4-8-21(30)9-5-18)19-6-10-22(31)11-7-19/h4-14,17,25-27H,15-16H2,1-3H3,(H2,33,37)(H,34,38)/t26-/m0/s1. The summed E-state index contributed by atoms with van der Waals surface area (Å²) in [5.41, 5.74) is 7.20. The van der Waals surface area contributed by atoms with E-state index in [2.05, 4.69) is 10.2 Å². The fourth-order valence-corrected chi connectivity index (χ4v) is 6.46. The van der Waals surface area contributed by atoms with Crippen LogP contribution in [-0.2, 0) is 14.8 Å². The molecule has 0 saturated carbocycles. The first-order chi connectivity index (χ1) is 19.2. The highest BCUT2D eigenvalue weighted by Crippen LogP contribution is 2.37. The number of hydrogen-bond donors (Lipinski definition) is 2. The molecule has 0 aliphatic carbocycles. The van der Waals surface area contributed by atoms with Crippen LogP contribution in [0.25, 0.3) is 0 Å². The molecule has 218 valence electrons. The number of primary amides is 1. The number of rotatable bonds is 10. The lowest BCUT2D eigenvalue weighted by Gasteiger charge is -2.48. The molecule has 0 spiro atoms. The number of anilines is 1. The lowest BCUT2D eigenvalue weighted by molar-refractivity contribution is -0.120. The molecule has 3 N–H and O–H groups in total. The van der Waals surface area contributed by atoms with E-state index >= 15 is 0 Å². The molecule has 4 rings (SSSR count). The number of benzene rings is 3. The van der Waals surface area contributed by atoms with Crippen molar-refractivity contribution in [2.24, 2.45) is 11.7 Å². The molecule has 0 bridgehead atoms. The molecule has 1 saturated heterocycles. The zero-order valence-electron chi connectivity index (χ0n) is 22.7. The normalized spacial score (nSPS) is 15.0. The topological polar surface area (TPSA) is 113 Å². The van der Waals surface area contributed by atoms with Crippen LogP contribution in [0.5, 0.6) is 0 Å². The van der Waals surface area contributed by atoms with Gasteiger partial charge in [-0.3, -0.25) is 18.8 Å². The predicted octanol–water partition coefficient (Wildman–Crippen LogP) is 4.61. The Labute approximate surface area is 249 Å². The van der Waals surface area contributed by atoms with E-state index in [1.807, 2.05) is 24.3 Å². The van der Waals surface area contributed by atoms with Crippen LogP contribution in [0.1, 0.15) is 41.4 Å². The van der Waals surface area contributed by atoms with Gasteiger partial charge >= 0.3 is 0 Å². The van der Waals surface area contributed by atoms with Crippen LogP contribution in [0.3, 0.4) is 0 Å². The van der Waals surface area contributed by atoms with Crippen LogP contribution in [0.4, 0.5) is 10.1 Å². The largest absolute Gasteiger partial charge is 0.368 e. The number of carbonyl (C=O) groups excluding carboxylic acids is 2. The number of likely N-dealkylation sites (tertiary alicyclic amines) is 1. The first-order valence-corrected chi connectivity index (χ1v) is 15.5. The molecule has 1 atom stereocenters. The van der Waals surface area contributed by atoms with E-state index in [-0.39, 0.29) is 23.2 Å². The second-order valence-corrected chi connectivity index (χ2v) is 13.2. The predicted molar refractivity (Wildman–Crippen MR) is 159 cm³/mol. The third kappa shape index (κ3) is 7.19. The molecular weight excluding hydrogens is 590 g/mol. The summed E-state index contributed by atoms with van der Waals surface area (Å²) < 4.78 is 41.9. The van der Waals surface area contributed by atoms with Crippen LogP contribution in [-0.4, -0.2) is 56.6 Å². The minimum absolute atomic E-state index is 0.0111. The average Bonchev–Trinajstić information content (AvgIpc) is 2.86. The highest BCUT2D eigenvalue weighted by molar-refractivity contribution is 7.92. The molecular formula is C29H31Cl2FN4O4S. The molecule has 0 unspecified atom stereocenters. The van der Waals surface area contributed by atoms with E-state index in [1.54, 1.807) is 38.1 Å². The van der Waals surface area contributed by atoms with Crippen molar-refractivity contribution in [3.8, 4) is 0 Å². The lowest BCUT2D eigenvalue weighted by atomic mass is 9.93. The van der Waals surface area contributed by atoms with Crippen LogP contribution in [0.2, 0.25) is 10.0 Å². The Balaban J connectivity index is 1.63. The lowest BCUT2D eigenvalue weighted by Crippen LogP contribution is -2.61. The van der Waals surface area contributed by atoms with Gasteiger partial charge in [0, 0.05) is 28.7 Å². The summed E-state index contributed by atoms with van der Waals surface area (Å²) in [6, 6.07) is 16.5. The summed E-state index contributed by atoms with van der Waals surface area (Å²) in [6.07, 6.45) is 1.04. The fraction of sp³-hybridized carbons (Fsp3) is 0.310. The number of carbonyl (C=O) groups is 2. The van der Waals surface area contributed by atoms with Crippen molar-refractivity contribution in [3.05, 3.63) is 99.3 Å². The minimum Gasteiger partial charge on any atom is -0.368 e. The van der Waals surface area contributed by atoms with Gasteiger partial charge in [-0.1, -0.05) is 61.3 Å². The Morgan fingerprint density at radius 3 is 1.93 bits per heavy atom. The molecule has 3 aromatic carbocycles. The zero-order valence-corrected chi connectivity index (χ0v) is 25.0. The van der Waals surface area contributed by atoms with Gasteiger partial charge in [-0.25, -0.2) is 12.8 Å². The molecule has 1 heterocycles. The molecule has 8 nitrogen and oxygen atoms in total. The smallest absolute Gasteiger partial charge is 0.252 e. The van der Waals surface area contributed by atoms with Crippen molar-refractivity contribution in [1.29, 1.82) is 0 Å². The second-order valence-electron chi connectivity index (χ2n) is 10.5. The van der Waals surface area contributed by atoms with E-state index in [0.717, 1.165) is 33.8 Å². The summed E-state index contributed by atoms with van der Waals surface area (Å²) in [6.45, 7) is 4.08. The Kier molecular flexibility index (Phi) is 9.28. The van der Waals surface area contributed by atoms with Crippen LogP contribution >= 0.6 is 23.2 Å². The van der Waals surface area contributed by atoms with Crippen molar-refractivity contribution in [2.45, 2.75) is 32.0 Å². The SMILES string of the molecule is CC(C)[C@H](NC(=O)c1cc(F)cc(N(C2CN(C(c3ccc(Cl)cc3)c3ccc(Cl)cc3)C2)S(C)(=O)=O)c1)C(N)=O. The quantitative estimate of drug-likeness (QED) is 0.344. The maximum Gasteiger partial charge on any atom is 0.252 e. The van der Waals surface area contributed by atoms with E-state index in [0.29, 0.717) is 23.1 Å². The molecule has 12 heteroatoms. The Morgan fingerprint density at radius 2 is 1.49 bits per heavy atom. The number of amides is 2. The monoisotopic (exact) mass is 620 g/mol. The van der Waals surface area contributed by atoms with E-state index in [9.17, 15) is 22.4 Å². The number of nitrogens with zero attached hydrogens (tertiary/aromatic N) is 2.